The molecule has 0 aromatic heterocycles. The first-order valence-corrected chi connectivity index (χ1v) is 11.6. The molecule has 160 valence electrons. The molecule has 7 heteroatoms. The van der Waals surface area contributed by atoms with Crippen LogP contribution in [0.3, 0.4) is 0 Å². The van der Waals surface area contributed by atoms with Gasteiger partial charge in [-0.3, -0.25) is 9.59 Å². The first-order valence-electron chi connectivity index (χ1n) is 10.5. The highest BCUT2D eigenvalue weighted by atomic mass is 32.2. The van der Waals surface area contributed by atoms with Crippen molar-refractivity contribution in [3.63, 3.8) is 0 Å². The molecule has 2 aliphatic heterocycles. The fourth-order valence-corrected chi connectivity index (χ4v) is 5.64. The second kappa shape index (κ2) is 10.4. The third-order valence-electron chi connectivity index (χ3n) is 5.75. The minimum Gasteiger partial charge on any atom is -0.481 e. The summed E-state index contributed by atoms with van der Waals surface area (Å²) in [6, 6.07) is 0.985. The maximum Gasteiger partial charge on any atom is 0.307 e. The van der Waals surface area contributed by atoms with Crippen molar-refractivity contribution in [1.29, 1.82) is 0 Å². The average Bonchev–Trinajstić information content (AvgIpc) is 3.12. The monoisotopic (exact) mass is 411 g/mol. The molecule has 0 aliphatic carbocycles. The Morgan fingerprint density at radius 3 is 2.68 bits per heavy atom. The maximum absolute atomic E-state index is 12.0. The highest BCUT2D eigenvalue weighted by Gasteiger charge is 2.40. The van der Waals surface area contributed by atoms with Gasteiger partial charge in [-0.2, -0.15) is 11.8 Å². The summed E-state index contributed by atoms with van der Waals surface area (Å²) in [5.41, 5.74) is -0.232. The first-order chi connectivity index (χ1) is 13.2. The lowest BCUT2D eigenvalue weighted by Gasteiger charge is -2.26. The van der Waals surface area contributed by atoms with Gasteiger partial charge in [0, 0.05) is 24.0 Å². The van der Waals surface area contributed by atoms with Crippen LogP contribution in [0.25, 0.3) is 0 Å². The molecular formula is C21H37N3O3S. The van der Waals surface area contributed by atoms with E-state index in [9.17, 15) is 14.7 Å². The number of hydrogen-bond acceptors (Lipinski definition) is 5. The predicted molar refractivity (Wildman–Crippen MR) is 115 cm³/mol. The van der Waals surface area contributed by atoms with Gasteiger partial charge in [-0.05, 0) is 31.1 Å². The molecular weight excluding hydrogens is 374 g/mol. The molecule has 0 saturated carbocycles. The Bertz CT molecular complexity index is 562. The Morgan fingerprint density at radius 1 is 1.25 bits per heavy atom. The summed E-state index contributed by atoms with van der Waals surface area (Å²) in [7, 11) is 0. The fraction of sp³-hybridized carbons (Fsp3) is 0.810. The van der Waals surface area contributed by atoms with Crippen molar-refractivity contribution in [3.05, 3.63) is 12.4 Å². The molecule has 0 spiro atoms. The number of carboxylic acids is 1. The molecule has 4 unspecified atom stereocenters. The Balaban J connectivity index is 1.50. The van der Waals surface area contributed by atoms with E-state index in [0.717, 1.165) is 43.7 Å². The van der Waals surface area contributed by atoms with Crippen LogP contribution in [0.1, 0.15) is 65.7 Å². The zero-order valence-corrected chi connectivity index (χ0v) is 18.4. The van der Waals surface area contributed by atoms with Crippen molar-refractivity contribution >= 4 is 23.6 Å². The van der Waals surface area contributed by atoms with Crippen LogP contribution in [0.15, 0.2) is 12.4 Å². The number of hydrogen-bond donors (Lipinski definition) is 4. The van der Waals surface area contributed by atoms with Gasteiger partial charge >= 0.3 is 5.97 Å². The van der Waals surface area contributed by atoms with Crippen LogP contribution in [0.4, 0.5) is 0 Å². The van der Waals surface area contributed by atoms with Gasteiger partial charge in [0.05, 0.1) is 23.8 Å². The molecule has 2 fully saturated rings. The SMILES string of the molecule is C=C1NC2CSC(CCCCC(=O)NCCCCC(C(=O)O)C(C)(C)C)C2N1. The molecule has 4 atom stereocenters. The minimum atomic E-state index is -0.726. The quantitative estimate of drug-likeness (QED) is 0.391. The Morgan fingerprint density at radius 2 is 2.00 bits per heavy atom. The molecule has 1 amide bonds. The third kappa shape index (κ3) is 6.90. The molecule has 2 saturated heterocycles. The van der Waals surface area contributed by atoms with Gasteiger partial charge in [-0.15, -0.1) is 0 Å². The molecule has 28 heavy (non-hydrogen) atoms. The smallest absolute Gasteiger partial charge is 0.307 e. The number of carbonyl (C=O) groups is 2. The predicted octanol–water partition coefficient (Wildman–Crippen LogP) is 3.10. The molecule has 6 nitrogen and oxygen atoms in total. The third-order valence-corrected chi connectivity index (χ3v) is 7.26. The lowest BCUT2D eigenvalue weighted by Crippen LogP contribution is -2.36. The zero-order chi connectivity index (χ0) is 20.7. The summed E-state index contributed by atoms with van der Waals surface area (Å²) in [5, 5.41) is 19.7. The molecule has 0 radical (unpaired) electrons. The van der Waals surface area contributed by atoms with Crippen LogP contribution in [0.5, 0.6) is 0 Å². The van der Waals surface area contributed by atoms with Gasteiger partial charge in [-0.25, -0.2) is 0 Å². The number of carbonyl (C=O) groups excluding carboxylic acids is 1. The number of aliphatic carboxylic acids is 1. The number of carboxylic acid groups (broad SMARTS) is 1. The number of rotatable bonds is 11. The van der Waals surface area contributed by atoms with Gasteiger partial charge in [0.1, 0.15) is 0 Å². The van der Waals surface area contributed by atoms with Crippen molar-refractivity contribution in [2.45, 2.75) is 83.1 Å². The van der Waals surface area contributed by atoms with Gasteiger partial charge in [0.25, 0.3) is 0 Å². The van der Waals surface area contributed by atoms with Crippen LogP contribution < -0.4 is 16.0 Å². The molecule has 2 heterocycles. The highest BCUT2D eigenvalue weighted by Crippen LogP contribution is 2.34. The maximum atomic E-state index is 12.0. The van der Waals surface area contributed by atoms with E-state index in [1.807, 2.05) is 32.5 Å². The van der Waals surface area contributed by atoms with E-state index in [4.69, 9.17) is 0 Å². The lowest BCUT2D eigenvalue weighted by molar-refractivity contribution is -0.145. The average molecular weight is 412 g/mol. The second-order valence-electron chi connectivity index (χ2n) is 9.12. The van der Waals surface area contributed by atoms with E-state index in [0.29, 0.717) is 36.7 Å². The van der Waals surface area contributed by atoms with E-state index in [-0.39, 0.29) is 17.2 Å². The van der Waals surface area contributed by atoms with Crippen LogP contribution >= 0.6 is 11.8 Å². The summed E-state index contributed by atoms with van der Waals surface area (Å²) < 4.78 is 0. The minimum absolute atomic E-state index is 0.108. The summed E-state index contributed by atoms with van der Waals surface area (Å²) >= 11 is 2.01. The van der Waals surface area contributed by atoms with Gasteiger partial charge < -0.3 is 21.1 Å². The Hall–Kier alpha value is -1.37. The van der Waals surface area contributed by atoms with Crippen molar-refractivity contribution < 1.29 is 14.7 Å². The molecule has 0 aromatic rings. The number of nitrogens with one attached hydrogen (secondary N) is 3. The van der Waals surface area contributed by atoms with Crippen LogP contribution in [-0.4, -0.2) is 46.6 Å². The number of thioether (sulfide) groups is 1. The van der Waals surface area contributed by atoms with E-state index < -0.39 is 5.97 Å². The topological polar surface area (TPSA) is 90.5 Å². The number of fused-ring (bicyclic) bond motifs is 1. The second-order valence-corrected chi connectivity index (χ2v) is 10.4. The number of unbranched alkanes of at least 4 members (excludes halogenated alkanes) is 2. The Labute approximate surface area is 173 Å². The normalized spacial score (nSPS) is 25.0. The van der Waals surface area contributed by atoms with Crippen molar-refractivity contribution in [3.8, 4) is 0 Å². The summed E-state index contributed by atoms with van der Waals surface area (Å²) in [6.07, 6.45) is 5.99. The standard InChI is InChI=1S/C21H37N3O3S/c1-14-23-16-13-28-17(19(16)24-14)10-5-6-11-18(25)22-12-8-7-9-15(20(26)27)21(2,3)4/h15-17,19,23-24H,1,5-13H2,2-4H3,(H,22,25)(H,26,27). The van der Waals surface area contributed by atoms with E-state index in [1.165, 1.54) is 0 Å². The van der Waals surface area contributed by atoms with E-state index in [2.05, 4.69) is 22.5 Å². The zero-order valence-electron chi connectivity index (χ0n) is 17.6. The van der Waals surface area contributed by atoms with Gasteiger partial charge in [0.2, 0.25) is 5.91 Å². The highest BCUT2D eigenvalue weighted by molar-refractivity contribution is 8.00. The van der Waals surface area contributed by atoms with Gasteiger partial charge in [0.15, 0.2) is 0 Å². The van der Waals surface area contributed by atoms with Crippen LogP contribution in [0.2, 0.25) is 0 Å². The van der Waals surface area contributed by atoms with Crippen molar-refractivity contribution in [2.75, 3.05) is 12.3 Å². The fourth-order valence-electron chi connectivity index (χ4n) is 4.10. The molecule has 0 aromatic carbocycles. The molecule has 2 aliphatic rings. The van der Waals surface area contributed by atoms with E-state index >= 15 is 0 Å². The summed E-state index contributed by atoms with van der Waals surface area (Å²) in [6.45, 7) is 10.5. The summed E-state index contributed by atoms with van der Waals surface area (Å²) in [4.78, 5) is 23.3. The molecule has 4 N–H and O–H groups in total. The summed E-state index contributed by atoms with van der Waals surface area (Å²) in [5.74, 6) is 1.11. The molecule has 2 rings (SSSR count). The van der Waals surface area contributed by atoms with Gasteiger partial charge in [-0.1, -0.05) is 40.2 Å². The largest absolute Gasteiger partial charge is 0.481 e. The van der Waals surface area contributed by atoms with Crippen molar-refractivity contribution in [1.82, 2.24) is 16.0 Å². The van der Waals surface area contributed by atoms with E-state index in [1.54, 1.807) is 0 Å². The molecule has 0 bridgehead atoms. The van der Waals surface area contributed by atoms with Crippen LogP contribution in [0, 0.1) is 11.3 Å². The van der Waals surface area contributed by atoms with Crippen molar-refractivity contribution in [2.24, 2.45) is 11.3 Å². The van der Waals surface area contributed by atoms with Crippen LogP contribution in [-0.2, 0) is 9.59 Å². The lowest BCUT2D eigenvalue weighted by atomic mass is 9.78. The Kier molecular flexibility index (Phi) is 8.53. The first kappa shape index (κ1) is 22.9. The number of amides is 1.